The first kappa shape index (κ1) is 25.0. The average molecular weight is 443 g/mol. The number of benzene rings is 2. The number of rotatable bonds is 11. The largest absolute Gasteiger partial charge is 0.463 e. The van der Waals surface area contributed by atoms with Gasteiger partial charge in [-0.05, 0) is 28.4 Å². The number of methoxy groups -OCH3 is 1. The van der Waals surface area contributed by atoms with Crippen LogP contribution in [0.2, 0.25) is 5.04 Å². The summed E-state index contributed by atoms with van der Waals surface area (Å²) in [5.74, 6) is -0.404. The second-order valence-electron chi connectivity index (χ2n) is 8.20. The van der Waals surface area contributed by atoms with E-state index in [4.69, 9.17) is 18.6 Å². The van der Waals surface area contributed by atoms with E-state index in [-0.39, 0.29) is 18.4 Å². The summed E-state index contributed by atoms with van der Waals surface area (Å²) in [7, 11) is -1.13. The van der Waals surface area contributed by atoms with Crippen molar-refractivity contribution in [1.82, 2.24) is 0 Å². The van der Waals surface area contributed by atoms with Crippen LogP contribution in [-0.4, -0.2) is 47.5 Å². The van der Waals surface area contributed by atoms with E-state index in [0.29, 0.717) is 6.61 Å². The average Bonchev–Trinajstić information content (AvgIpc) is 2.76. The van der Waals surface area contributed by atoms with E-state index in [1.54, 1.807) is 20.1 Å². The summed E-state index contributed by atoms with van der Waals surface area (Å²) < 4.78 is 22.7. The van der Waals surface area contributed by atoms with Crippen molar-refractivity contribution < 1.29 is 23.4 Å². The molecule has 1 atom stereocenters. The molecule has 2 aromatic rings. The minimum Gasteiger partial charge on any atom is -0.463 e. The molecule has 168 valence electrons. The van der Waals surface area contributed by atoms with Gasteiger partial charge in [-0.15, -0.1) is 0 Å². The molecule has 5 nitrogen and oxygen atoms in total. The Labute approximate surface area is 187 Å². The molecule has 0 saturated heterocycles. The zero-order valence-corrected chi connectivity index (χ0v) is 20.2. The number of carbonyl (C=O) groups is 1. The van der Waals surface area contributed by atoms with Gasteiger partial charge in [-0.1, -0.05) is 81.4 Å². The molecule has 0 aliphatic heterocycles. The minimum absolute atomic E-state index is 0.0991. The fourth-order valence-electron chi connectivity index (χ4n) is 3.66. The smallest absolute Gasteiger partial charge is 0.330 e. The molecule has 0 amide bonds. The van der Waals surface area contributed by atoms with Crippen molar-refractivity contribution in [3.63, 3.8) is 0 Å². The Kier molecular flexibility index (Phi) is 9.65. The number of hydrogen-bond acceptors (Lipinski definition) is 5. The van der Waals surface area contributed by atoms with Crippen molar-refractivity contribution >= 4 is 24.7 Å². The number of carbonyl (C=O) groups excluding carboxylic acids is 1. The lowest BCUT2D eigenvalue weighted by molar-refractivity contribution is -0.137. The number of hydrogen-bond donors (Lipinski definition) is 0. The maximum atomic E-state index is 11.8. The standard InChI is InChI=1S/C25H34O5Si/c1-6-28-24(26)18-17-21(29-20-27-5)19-30-31(25(2,3)4,22-13-9-7-10-14-22)23-15-11-8-12-16-23/h7-18,21H,6,19-20H2,1-5H3/b18-17+/t21-/m0/s1. The molecule has 0 aliphatic carbocycles. The highest BCUT2D eigenvalue weighted by Gasteiger charge is 2.50. The van der Waals surface area contributed by atoms with Crippen LogP contribution in [-0.2, 0) is 23.4 Å². The Bertz CT molecular complexity index is 775. The van der Waals surface area contributed by atoms with Crippen molar-refractivity contribution in [3.8, 4) is 0 Å². The molecular formula is C25H34O5Si. The van der Waals surface area contributed by atoms with E-state index in [2.05, 4.69) is 69.3 Å². The summed E-state index contributed by atoms with van der Waals surface area (Å²) in [6.45, 7) is 9.15. The SMILES string of the molecule is CCOC(=O)/C=C/[C@@H](CO[Si](c1ccccc1)(c1ccccc1)C(C)(C)C)OCOC. The Morgan fingerprint density at radius 2 is 1.55 bits per heavy atom. The molecular weight excluding hydrogens is 408 g/mol. The molecule has 6 heteroatoms. The van der Waals surface area contributed by atoms with E-state index in [9.17, 15) is 4.79 Å². The van der Waals surface area contributed by atoms with Gasteiger partial charge in [-0.3, -0.25) is 0 Å². The van der Waals surface area contributed by atoms with Gasteiger partial charge in [0.15, 0.2) is 0 Å². The molecule has 0 saturated carbocycles. The second-order valence-corrected chi connectivity index (χ2v) is 12.5. The molecule has 0 N–H and O–H groups in total. The van der Waals surface area contributed by atoms with Gasteiger partial charge >= 0.3 is 5.97 Å². The number of ether oxygens (including phenoxy) is 3. The maximum Gasteiger partial charge on any atom is 0.330 e. The quantitative estimate of drug-likeness (QED) is 0.230. The van der Waals surface area contributed by atoms with Crippen LogP contribution in [0.25, 0.3) is 0 Å². The van der Waals surface area contributed by atoms with E-state index < -0.39 is 20.4 Å². The van der Waals surface area contributed by atoms with Crippen molar-refractivity contribution in [2.75, 3.05) is 27.1 Å². The van der Waals surface area contributed by atoms with Gasteiger partial charge in [-0.25, -0.2) is 4.79 Å². The molecule has 0 aliphatic rings. The third-order valence-electron chi connectivity index (χ3n) is 5.01. The van der Waals surface area contributed by atoms with Gasteiger partial charge < -0.3 is 18.6 Å². The van der Waals surface area contributed by atoms with Crippen LogP contribution in [0, 0.1) is 0 Å². The predicted molar refractivity (Wildman–Crippen MR) is 126 cm³/mol. The Morgan fingerprint density at radius 3 is 2.00 bits per heavy atom. The zero-order valence-electron chi connectivity index (χ0n) is 19.2. The lowest BCUT2D eigenvalue weighted by atomic mass is 10.2. The summed E-state index contributed by atoms with van der Waals surface area (Å²) >= 11 is 0. The van der Waals surface area contributed by atoms with Gasteiger partial charge in [-0.2, -0.15) is 0 Å². The third-order valence-corrected chi connectivity index (χ3v) is 10.0. The minimum atomic E-state index is -2.69. The molecule has 0 heterocycles. The Morgan fingerprint density at radius 1 is 1.00 bits per heavy atom. The lowest BCUT2D eigenvalue weighted by Gasteiger charge is -2.43. The van der Waals surface area contributed by atoms with Crippen LogP contribution in [0.15, 0.2) is 72.8 Å². The van der Waals surface area contributed by atoms with E-state index in [0.717, 1.165) is 0 Å². The van der Waals surface area contributed by atoms with Gasteiger partial charge in [0.2, 0.25) is 0 Å². The first-order valence-electron chi connectivity index (χ1n) is 10.6. The zero-order chi connectivity index (χ0) is 22.7. The Hall–Kier alpha value is -2.25. The van der Waals surface area contributed by atoms with Crippen LogP contribution in [0.5, 0.6) is 0 Å². The monoisotopic (exact) mass is 442 g/mol. The molecule has 2 aromatic carbocycles. The second kappa shape index (κ2) is 12.0. The first-order chi connectivity index (χ1) is 14.8. The van der Waals surface area contributed by atoms with Gasteiger partial charge in [0.1, 0.15) is 12.9 Å². The normalized spacial score (nSPS) is 13.3. The lowest BCUT2D eigenvalue weighted by Crippen LogP contribution is -2.67. The van der Waals surface area contributed by atoms with Crippen molar-refractivity contribution in [3.05, 3.63) is 72.8 Å². The van der Waals surface area contributed by atoms with Gasteiger partial charge in [0.25, 0.3) is 8.32 Å². The summed E-state index contributed by atoms with van der Waals surface area (Å²) in [6, 6.07) is 20.8. The molecule has 0 unspecified atom stereocenters. The van der Waals surface area contributed by atoms with E-state index >= 15 is 0 Å². The van der Waals surface area contributed by atoms with Crippen molar-refractivity contribution in [1.29, 1.82) is 0 Å². The van der Waals surface area contributed by atoms with Crippen LogP contribution in [0.4, 0.5) is 0 Å². The fraction of sp³-hybridized carbons (Fsp3) is 0.400. The molecule has 0 radical (unpaired) electrons. The summed E-state index contributed by atoms with van der Waals surface area (Å²) in [6.07, 6.45) is 2.61. The van der Waals surface area contributed by atoms with Crippen LogP contribution >= 0.6 is 0 Å². The van der Waals surface area contributed by atoms with Crippen LogP contribution in [0.3, 0.4) is 0 Å². The van der Waals surface area contributed by atoms with Crippen molar-refractivity contribution in [2.45, 2.75) is 38.8 Å². The molecule has 2 rings (SSSR count). The van der Waals surface area contributed by atoms with Crippen molar-refractivity contribution in [2.24, 2.45) is 0 Å². The topological polar surface area (TPSA) is 54.0 Å². The number of esters is 1. The molecule has 31 heavy (non-hydrogen) atoms. The van der Waals surface area contributed by atoms with Gasteiger partial charge in [0.05, 0.1) is 13.2 Å². The highest BCUT2D eigenvalue weighted by atomic mass is 28.4. The first-order valence-corrected chi connectivity index (χ1v) is 12.5. The molecule has 0 aromatic heterocycles. The summed E-state index contributed by atoms with van der Waals surface area (Å²) in [5.41, 5.74) is 0. The summed E-state index contributed by atoms with van der Waals surface area (Å²) in [4.78, 5) is 11.8. The molecule has 0 fully saturated rings. The molecule has 0 bridgehead atoms. The molecule has 0 spiro atoms. The summed E-state index contributed by atoms with van der Waals surface area (Å²) in [5, 5.41) is 2.23. The third kappa shape index (κ3) is 6.61. The highest BCUT2D eigenvalue weighted by molar-refractivity contribution is 6.99. The van der Waals surface area contributed by atoms with E-state index in [1.807, 2.05) is 12.1 Å². The highest BCUT2D eigenvalue weighted by Crippen LogP contribution is 2.36. The predicted octanol–water partition coefficient (Wildman–Crippen LogP) is 3.67. The Balaban J connectivity index is 2.43. The fourth-order valence-corrected chi connectivity index (χ4v) is 8.23. The van der Waals surface area contributed by atoms with Crippen LogP contribution < -0.4 is 10.4 Å². The van der Waals surface area contributed by atoms with E-state index in [1.165, 1.54) is 16.4 Å². The van der Waals surface area contributed by atoms with Crippen LogP contribution in [0.1, 0.15) is 27.7 Å². The van der Waals surface area contributed by atoms with Gasteiger partial charge in [0, 0.05) is 13.2 Å². The maximum absolute atomic E-state index is 11.8.